The normalized spacial score (nSPS) is 9.33. The van der Waals surface area contributed by atoms with Crippen molar-refractivity contribution in [3.63, 3.8) is 0 Å². The largest absolute Gasteiger partial charge is 0.466 e. The van der Waals surface area contributed by atoms with Gasteiger partial charge in [-0.05, 0) is 30.3 Å². The number of nitriles is 1. The molecule has 1 rings (SSSR count). The minimum absolute atomic E-state index is 0.183. The second kappa shape index (κ2) is 7.01. The summed E-state index contributed by atoms with van der Waals surface area (Å²) in [4.78, 5) is 21.7. The Bertz CT molecular complexity index is 480. The van der Waals surface area contributed by atoms with Crippen LogP contribution in [0.1, 0.15) is 18.9 Å². The molecule has 18 heavy (non-hydrogen) atoms. The number of nitroso groups, excluding NO2 is 1. The standard InChI is InChI=1S/C12H13N3O3/c1-2-18-12(16)5-6-14-11-7-9(8-13)3-4-10(11)15-17/h3-4,7,14H,2,5-6H2,1H3. The molecule has 0 saturated carbocycles. The summed E-state index contributed by atoms with van der Waals surface area (Å²) >= 11 is 0. The Kier molecular flexibility index (Phi) is 5.32. The van der Waals surface area contributed by atoms with E-state index in [2.05, 4.69) is 10.5 Å². The van der Waals surface area contributed by atoms with Crippen LogP contribution in [0.3, 0.4) is 0 Å². The number of carbonyl (C=O) groups excluding carboxylic acids is 1. The summed E-state index contributed by atoms with van der Waals surface area (Å²) in [6, 6.07) is 6.44. The molecule has 0 bridgehead atoms. The van der Waals surface area contributed by atoms with Crippen molar-refractivity contribution in [2.75, 3.05) is 18.5 Å². The van der Waals surface area contributed by atoms with Gasteiger partial charge < -0.3 is 10.1 Å². The molecule has 0 aliphatic rings. The summed E-state index contributed by atoms with van der Waals surface area (Å²) in [6.07, 6.45) is 0.183. The van der Waals surface area contributed by atoms with Gasteiger partial charge in [0.1, 0.15) is 5.69 Å². The molecule has 0 aliphatic heterocycles. The third-order valence-electron chi connectivity index (χ3n) is 2.17. The Balaban J connectivity index is 2.63. The number of esters is 1. The number of anilines is 1. The maximum Gasteiger partial charge on any atom is 0.307 e. The predicted molar refractivity (Wildman–Crippen MR) is 66.4 cm³/mol. The van der Waals surface area contributed by atoms with Gasteiger partial charge in [-0.2, -0.15) is 5.26 Å². The number of hydrogen-bond acceptors (Lipinski definition) is 6. The number of rotatable bonds is 6. The molecule has 94 valence electrons. The van der Waals surface area contributed by atoms with Crippen LogP contribution >= 0.6 is 0 Å². The van der Waals surface area contributed by atoms with Crippen LogP contribution in [0.4, 0.5) is 11.4 Å². The van der Waals surface area contributed by atoms with E-state index in [0.29, 0.717) is 24.4 Å². The quantitative estimate of drug-likeness (QED) is 0.615. The smallest absolute Gasteiger partial charge is 0.307 e. The number of nitrogens with one attached hydrogen (secondary N) is 1. The van der Waals surface area contributed by atoms with E-state index < -0.39 is 0 Å². The fourth-order valence-electron chi connectivity index (χ4n) is 1.36. The van der Waals surface area contributed by atoms with Gasteiger partial charge in [0, 0.05) is 6.54 Å². The molecule has 0 aromatic heterocycles. The Morgan fingerprint density at radius 3 is 2.94 bits per heavy atom. The molecule has 6 heteroatoms. The lowest BCUT2D eigenvalue weighted by Crippen LogP contribution is -2.11. The summed E-state index contributed by atoms with van der Waals surface area (Å²) in [5.41, 5.74) is 1.06. The second-order valence-corrected chi connectivity index (χ2v) is 3.42. The van der Waals surface area contributed by atoms with Crippen molar-refractivity contribution < 1.29 is 9.53 Å². The zero-order valence-corrected chi connectivity index (χ0v) is 9.97. The van der Waals surface area contributed by atoms with Crippen molar-refractivity contribution in [1.29, 1.82) is 5.26 Å². The number of ether oxygens (including phenoxy) is 1. The van der Waals surface area contributed by atoms with Gasteiger partial charge in [-0.1, -0.05) is 0 Å². The summed E-state index contributed by atoms with van der Waals surface area (Å²) < 4.78 is 4.76. The zero-order chi connectivity index (χ0) is 13.4. The Labute approximate surface area is 105 Å². The fourth-order valence-corrected chi connectivity index (χ4v) is 1.36. The Morgan fingerprint density at radius 1 is 1.56 bits per heavy atom. The van der Waals surface area contributed by atoms with E-state index in [4.69, 9.17) is 10.00 Å². The van der Waals surface area contributed by atoms with Crippen molar-refractivity contribution in [1.82, 2.24) is 0 Å². The third-order valence-corrected chi connectivity index (χ3v) is 2.17. The van der Waals surface area contributed by atoms with Gasteiger partial charge in [-0.15, -0.1) is 4.91 Å². The zero-order valence-electron chi connectivity index (χ0n) is 9.97. The first-order chi connectivity index (χ1) is 8.71. The highest BCUT2D eigenvalue weighted by atomic mass is 16.5. The molecule has 0 atom stereocenters. The van der Waals surface area contributed by atoms with Gasteiger partial charge in [0.25, 0.3) is 0 Å². The van der Waals surface area contributed by atoms with Gasteiger partial charge in [0.2, 0.25) is 0 Å². The van der Waals surface area contributed by atoms with Crippen molar-refractivity contribution in [3.8, 4) is 6.07 Å². The molecular weight excluding hydrogens is 234 g/mol. The van der Waals surface area contributed by atoms with Gasteiger partial charge in [0.05, 0.1) is 30.3 Å². The van der Waals surface area contributed by atoms with E-state index in [1.807, 2.05) is 6.07 Å². The lowest BCUT2D eigenvalue weighted by Gasteiger charge is -2.07. The van der Waals surface area contributed by atoms with E-state index in [9.17, 15) is 9.70 Å². The lowest BCUT2D eigenvalue weighted by atomic mass is 10.2. The van der Waals surface area contributed by atoms with Crippen LogP contribution in [0, 0.1) is 16.2 Å². The number of nitrogens with zero attached hydrogens (tertiary/aromatic N) is 2. The molecule has 6 nitrogen and oxygen atoms in total. The minimum Gasteiger partial charge on any atom is -0.466 e. The molecule has 0 saturated heterocycles. The molecular formula is C12H13N3O3. The molecule has 1 N–H and O–H groups in total. The topological polar surface area (TPSA) is 91.5 Å². The predicted octanol–water partition coefficient (Wildman–Crippen LogP) is 2.32. The number of carbonyl (C=O) groups is 1. The van der Waals surface area contributed by atoms with Crippen LogP contribution < -0.4 is 5.32 Å². The van der Waals surface area contributed by atoms with Gasteiger partial charge in [-0.25, -0.2) is 0 Å². The molecule has 0 fully saturated rings. The van der Waals surface area contributed by atoms with Gasteiger partial charge >= 0.3 is 5.97 Å². The monoisotopic (exact) mass is 247 g/mol. The highest BCUT2D eigenvalue weighted by Crippen LogP contribution is 2.25. The summed E-state index contributed by atoms with van der Waals surface area (Å²) in [7, 11) is 0. The molecule has 0 radical (unpaired) electrons. The highest BCUT2D eigenvalue weighted by molar-refractivity contribution is 5.71. The van der Waals surface area contributed by atoms with Crippen LogP contribution in [0.25, 0.3) is 0 Å². The fraction of sp³-hybridized carbons (Fsp3) is 0.333. The third kappa shape index (κ3) is 3.87. The molecule has 0 aliphatic carbocycles. The molecule has 0 spiro atoms. The van der Waals surface area contributed by atoms with E-state index in [-0.39, 0.29) is 18.1 Å². The van der Waals surface area contributed by atoms with E-state index in [1.54, 1.807) is 6.92 Å². The average molecular weight is 247 g/mol. The lowest BCUT2D eigenvalue weighted by molar-refractivity contribution is -0.142. The van der Waals surface area contributed by atoms with Crippen LogP contribution in [0.15, 0.2) is 23.4 Å². The van der Waals surface area contributed by atoms with Gasteiger partial charge in [-0.3, -0.25) is 4.79 Å². The van der Waals surface area contributed by atoms with Crippen LogP contribution in [0.5, 0.6) is 0 Å². The van der Waals surface area contributed by atoms with E-state index >= 15 is 0 Å². The SMILES string of the molecule is CCOC(=O)CCNc1cc(C#N)ccc1N=O. The summed E-state index contributed by atoms with van der Waals surface area (Å²) in [6.45, 7) is 2.39. The van der Waals surface area contributed by atoms with Crippen LogP contribution in [0.2, 0.25) is 0 Å². The molecule has 1 aromatic rings. The first-order valence-electron chi connectivity index (χ1n) is 5.48. The Morgan fingerprint density at radius 2 is 2.33 bits per heavy atom. The first kappa shape index (κ1) is 13.6. The van der Waals surface area contributed by atoms with E-state index in [1.165, 1.54) is 18.2 Å². The van der Waals surface area contributed by atoms with Gasteiger partial charge in [0.15, 0.2) is 0 Å². The van der Waals surface area contributed by atoms with Crippen molar-refractivity contribution >= 4 is 17.3 Å². The highest BCUT2D eigenvalue weighted by Gasteiger charge is 2.06. The molecule has 1 aromatic carbocycles. The summed E-state index contributed by atoms with van der Waals surface area (Å²) in [5.74, 6) is -0.318. The van der Waals surface area contributed by atoms with Crippen molar-refractivity contribution in [2.45, 2.75) is 13.3 Å². The maximum absolute atomic E-state index is 11.1. The summed E-state index contributed by atoms with van der Waals surface area (Å²) in [5, 5.41) is 14.5. The first-order valence-corrected chi connectivity index (χ1v) is 5.48. The maximum atomic E-state index is 11.1. The van der Waals surface area contributed by atoms with E-state index in [0.717, 1.165) is 0 Å². The van der Waals surface area contributed by atoms with Crippen molar-refractivity contribution in [3.05, 3.63) is 28.7 Å². The number of benzene rings is 1. The van der Waals surface area contributed by atoms with Crippen molar-refractivity contribution in [2.24, 2.45) is 5.18 Å². The molecule has 0 heterocycles. The molecule has 0 amide bonds. The number of hydrogen-bond donors (Lipinski definition) is 1. The minimum atomic E-state index is -0.318. The van der Waals surface area contributed by atoms with Crippen LogP contribution in [-0.2, 0) is 9.53 Å². The Hall–Kier alpha value is -2.42. The average Bonchev–Trinajstić information content (AvgIpc) is 2.39. The molecule has 0 unspecified atom stereocenters. The second-order valence-electron chi connectivity index (χ2n) is 3.42. The van der Waals surface area contributed by atoms with Crippen LogP contribution in [-0.4, -0.2) is 19.1 Å².